The molecule has 0 heterocycles. The first-order valence-electron chi connectivity index (χ1n) is 7.25. The van der Waals surface area contributed by atoms with Gasteiger partial charge in [0.2, 0.25) is 0 Å². The summed E-state index contributed by atoms with van der Waals surface area (Å²) in [4.78, 5) is 2.21. The van der Waals surface area contributed by atoms with Gasteiger partial charge in [-0.1, -0.05) is 38.1 Å². The summed E-state index contributed by atoms with van der Waals surface area (Å²) in [5.74, 6) is 0.941. The minimum Gasteiger partial charge on any atom is -0.492 e. The summed E-state index contributed by atoms with van der Waals surface area (Å²) in [6.07, 6.45) is 0. The Hall–Kier alpha value is -1.32. The predicted molar refractivity (Wildman–Crippen MR) is 86.2 cm³/mol. The molecule has 0 fully saturated rings. The van der Waals surface area contributed by atoms with Gasteiger partial charge in [0.15, 0.2) is 0 Å². The molecule has 0 radical (unpaired) electrons. The van der Waals surface area contributed by atoms with Gasteiger partial charge in [-0.3, -0.25) is 4.90 Å². The molecular formula is C17H28N2O. The van der Waals surface area contributed by atoms with Crippen molar-refractivity contribution in [1.29, 1.82) is 0 Å². The number of nitrogens with one attached hydrogen (secondary N) is 1. The molecule has 0 amide bonds. The second kappa shape index (κ2) is 8.77. The van der Waals surface area contributed by atoms with E-state index in [1.807, 2.05) is 19.1 Å². The van der Waals surface area contributed by atoms with E-state index in [2.05, 4.69) is 49.8 Å². The fourth-order valence-corrected chi connectivity index (χ4v) is 1.93. The van der Waals surface area contributed by atoms with E-state index in [1.54, 1.807) is 0 Å². The lowest BCUT2D eigenvalue weighted by Gasteiger charge is -2.17. The number of hydrogen-bond acceptors (Lipinski definition) is 3. The van der Waals surface area contributed by atoms with Gasteiger partial charge >= 0.3 is 0 Å². The third kappa shape index (κ3) is 7.31. The lowest BCUT2D eigenvalue weighted by molar-refractivity contribution is 0.247. The summed E-state index contributed by atoms with van der Waals surface area (Å²) in [7, 11) is 2.08. The fourth-order valence-electron chi connectivity index (χ4n) is 1.93. The Kier molecular flexibility index (Phi) is 7.34. The van der Waals surface area contributed by atoms with Gasteiger partial charge < -0.3 is 10.1 Å². The highest BCUT2D eigenvalue weighted by molar-refractivity contribution is 5.28. The van der Waals surface area contributed by atoms with Crippen LogP contribution in [0.5, 0.6) is 5.75 Å². The zero-order valence-electron chi connectivity index (χ0n) is 13.3. The van der Waals surface area contributed by atoms with Gasteiger partial charge in [0.25, 0.3) is 0 Å². The van der Waals surface area contributed by atoms with Gasteiger partial charge in [0.1, 0.15) is 12.4 Å². The van der Waals surface area contributed by atoms with Crippen molar-refractivity contribution in [2.45, 2.75) is 33.4 Å². The van der Waals surface area contributed by atoms with Crippen molar-refractivity contribution in [1.82, 2.24) is 10.2 Å². The number of ether oxygens (including phenoxy) is 1. The zero-order chi connectivity index (χ0) is 15.0. The topological polar surface area (TPSA) is 24.5 Å². The summed E-state index contributed by atoms with van der Waals surface area (Å²) < 4.78 is 5.81. The molecule has 0 aliphatic carbocycles. The van der Waals surface area contributed by atoms with Crippen molar-refractivity contribution >= 4 is 0 Å². The molecule has 1 N–H and O–H groups in total. The minimum absolute atomic E-state index is 0.496. The van der Waals surface area contributed by atoms with Crippen LogP contribution in [0.2, 0.25) is 0 Å². The number of likely N-dealkylation sites (N-methyl/N-ethyl adjacent to an activating group) is 1. The molecule has 0 aliphatic heterocycles. The first kappa shape index (κ1) is 16.7. The Morgan fingerprint density at radius 1 is 1.40 bits per heavy atom. The van der Waals surface area contributed by atoms with Crippen molar-refractivity contribution in [3.05, 3.63) is 42.0 Å². The Labute approximate surface area is 123 Å². The maximum Gasteiger partial charge on any atom is 0.119 e. The van der Waals surface area contributed by atoms with Crippen LogP contribution in [-0.4, -0.2) is 37.7 Å². The SMILES string of the molecule is C=C(C)CN(C)CCOc1cccc(CNC(C)C)c1. The highest BCUT2D eigenvalue weighted by Gasteiger charge is 2.01. The van der Waals surface area contributed by atoms with Crippen LogP contribution in [0.25, 0.3) is 0 Å². The zero-order valence-corrected chi connectivity index (χ0v) is 13.3. The van der Waals surface area contributed by atoms with E-state index >= 15 is 0 Å². The van der Waals surface area contributed by atoms with Crippen molar-refractivity contribution in [2.75, 3.05) is 26.7 Å². The van der Waals surface area contributed by atoms with E-state index in [4.69, 9.17) is 4.74 Å². The quantitative estimate of drug-likeness (QED) is 0.702. The van der Waals surface area contributed by atoms with E-state index in [0.717, 1.165) is 25.4 Å². The molecule has 1 aromatic rings. The number of hydrogen-bond donors (Lipinski definition) is 1. The summed E-state index contributed by atoms with van der Waals surface area (Å²) in [6.45, 7) is 13.7. The minimum atomic E-state index is 0.496. The lowest BCUT2D eigenvalue weighted by atomic mass is 10.2. The van der Waals surface area contributed by atoms with E-state index in [-0.39, 0.29) is 0 Å². The average molecular weight is 276 g/mol. The van der Waals surface area contributed by atoms with E-state index in [0.29, 0.717) is 12.6 Å². The van der Waals surface area contributed by atoms with Crippen LogP contribution in [-0.2, 0) is 6.54 Å². The molecule has 0 saturated heterocycles. The summed E-state index contributed by atoms with van der Waals surface area (Å²) in [6, 6.07) is 8.78. The van der Waals surface area contributed by atoms with Crippen LogP contribution in [0, 0.1) is 0 Å². The Balaban J connectivity index is 2.36. The maximum absolute atomic E-state index is 5.81. The number of rotatable bonds is 9. The summed E-state index contributed by atoms with van der Waals surface area (Å²) >= 11 is 0. The molecule has 112 valence electrons. The molecule has 0 unspecified atom stereocenters. The Bertz CT molecular complexity index is 415. The first-order chi connectivity index (χ1) is 9.47. The second-order valence-electron chi connectivity index (χ2n) is 5.73. The van der Waals surface area contributed by atoms with Gasteiger partial charge in [-0.25, -0.2) is 0 Å². The standard InChI is InChI=1S/C17H28N2O/c1-14(2)13-19(5)9-10-20-17-8-6-7-16(11-17)12-18-15(3)4/h6-8,11,15,18H,1,9-10,12-13H2,2-5H3. The van der Waals surface area contributed by atoms with Crippen LogP contribution in [0.4, 0.5) is 0 Å². The molecule has 3 nitrogen and oxygen atoms in total. The van der Waals surface area contributed by atoms with Gasteiger partial charge in [0, 0.05) is 25.7 Å². The molecule has 0 saturated carbocycles. The second-order valence-corrected chi connectivity index (χ2v) is 5.73. The molecule has 0 aliphatic rings. The molecule has 3 heteroatoms. The van der Waals surface area contributed by atoms with Crippen molar-refractivity contribution < 1.29 is 4.74 Å². The Morgan fingerprint density at radius 3 is 2.80 bits per heavy atom. The monoisotopic (exact) mass is 276 g/mol. The van der Waals surface area contributed by atoms with Crippen LogP contribution in [0.15, 0.2) is 36.4 Å². The van der Waals surface area contributed by atoms with Gasteiger partial charge in [-0.05, 0) is 31.7 Å². The van der Waals surface area contributed by atoms with Crippen molar-refractivity contribution in [2.24, 2.45) is 0 Å². The van der Waals surface area contributed by atoms with E-state index in [1.165, 1.54) is 11.1 Å². The fraction of sp³-hybridized carbons (Fsp3) is 0.529. The summed E-state index contributed by atoms with van der Waals surface area (Å²) in [5, 5.41) is 3.41. The smallest absolute Gasteiger partial charge is 0.119 e. The van der Waals surface area contributed by atoms with Crippen molar-refractivity contribution in [3.63, 3.8) is 0 Å². The van der Waals surface area contributed by atoms with Gasteiger partial charge in [-0.2, -0.15) is 0 Å². The van der Waals surface area contributed by atoms with E-state index < -0.39 is 0 Å². The third-order valence-electron chi connectivity index (χ3n) is 2.89. The highest BCUT2D eigenvalue weighted by atomic mass is 16.5. The molecule has 0 atom stereocenters. The molecule has 0 spiro atoms. The van der Waals surface area contributed by atoms with Crippen LogP contribution in [0.3, 0.4) is 0 Å². The van der Waals surface area contributed by atoms with Gasteiger partial charge in [-0.15, -0.1) is 0 Å². The number of nitrogens with zero attached hydrogens (tertiary/aromatic N) is 1. The normalized spacial score (nSPS) is 11.1. The predicted octanol–water partition coefficient (Wildman–Crippen LogP) is 3.07. The van der Waals surface area contributed by atoms with E-state index in [9.17, 15) is 0 Å². The highest BCUT2D eigenvalue weighted by Crippen LogP contribution is 2.13. The lowest BCUT2D eigenvalue weighted by Crippen LogP contribution is -2.25. The third-order valence-corrected chi connectivity index (χ3v) is 2.89. The molecule has 0 aromatic heterocycles. The first-order valence-corrected chi connectivity index (χ1v) is 7.25. The Morgan fingerprint density at radius 2 is 2.15 bits per heavy atom. The summed E-state index contributed by atoms with van der Waals surface area (Å²) in [5.41, 5.74) is 2.43. The molecule has 20 heavy (non-hydrogen) atoms. The number of benzene rings is 1. The molecular weight excluding hydrogens is 248 g/mol. The largest absolute Gasteiger partial charge is 0.492 e. The van der Waals surface area contributed by atoms with Crippen LogP contribution in [0.1, 0.15) is 26.3 Å². The maximum atomic E-state index is 5.81. The van der Waals surface area contributed by atoms with Crippen LogP contribution >= 0.6 is 0 Å². The average Bonchev–Trinajstić information content (AvgIpc) is 2.36. The molecule has 0 bridgehead atoms. The van der Waals surface area contributed by atoms with Crippen molar-refractivity contribution in [3.8, 4) is 5.75 Å². The van der Waals surface area contributed by atoms with Gasteiger partial charge in [0.05, 0.1) is 0 Å². The molecule has 1 aromatic carbocycles. The molecule has 1 rings (SSSR count). The van der Waals surface area contributed by atoms with Crippen LogP contribution < -0.4 is 10.1 Å².